The molecule has 0 spiro atoms. The lowest BCUT2D eigenvalue weighted by Crippen LogP contribution is -2.51. The lowest BCUT2D eigenvalue weighted by atomic mass is 9.89. The van der Waals surface area contributed by atoms with Crippen molar-refractivity contribution < 1.29 is 9.72 Å². The molecule has 2 aliphatic heterocycles. The number of nitro groups is 1. The molecule has 1 aromatic carbocycles. The number of hydrogen-bond donors (Lipinski definition) is 0. The number of hydrogen-bond acceptors (Lipinski definition) is 6. The molecule has 3 aliphatic rings. The van der Waals surface area contributed by atoms with E-state index in [-0.39, 0.29) is 16.5 Å². The van der Waals surface area contributed by atoms with Gasteiger partial charge in [-0.25, -0.2) is 0 Å². The summed E-state index contributed by atoms with van der Waals surface area (Å²) in [6.07, 6.45) is 8.09. The quantitative estimate of drug-likeness (QED) is 0.497. The van der Waals surface area contributed by atoms with E-state index in [1.165, 1.54) is 38.6 Å². The van der Waals surface area contributed by atoms with Crippen LogP contribution in [0, 0.1) is 16.0 Å². The Morgan fingerprint density at radius 3 is 2.31 bits per heavy atom. The minimum Gasteiger partial charge on any atom is -0.362 e. The van der Waals surface area contributed by atoms with Crippen LogP contribution in [0.3, 0.4) is 0 Å². The van der Waals surface area contributed by atoms with Gasteiger partial charge in [-0.1, -0.05) is 31.4 Å². The number of amides is 1. The second-order valence-corrected chi connectivity index (χ2v) is 9.55. The minimum absolute atomic E-state index is 0.134. The molecule has 176 valence electrons. The highest BCUT2D eigenvalue weighted by Gasteiger charge is 2.27. The monoisotopic (exact) mass is 443 g/mol. The number of carbonyl (C=O) groups is 1. The molecule has 0 unspecified atom stereocenters. The highest BCUT2D eigenvalue weighted by molar-refractivity contribution is 5.78. The molecule has 0 bridgehead atoms. The molecule has 8 heteroatoms. The Balaban J connectivity index is 1.22. The first-order valence-electron chi connectivity index (χ1n) is 12.3. The third-order valence-electron chi connectivity index (χ3n) is 7.33. The Morgan fingerprint density at radius 2 is 1.56 bits per heavy atom. The van der Waals surface area contributed by atoms with Gasteiger partial charge in [0.1, 0.15) is 5.69 Å². The Bertz CT molecular complexity index is 775. The normalized spacial score (nSPS) is 22.0. The van der Waals surface area contributed by atoms with Crippen molar-refractivity contribution in [1.82, 2.24) is 14.7 Å². The zero-order chi connectivity index (χ0) is 22.3. The molecule has 8 nitrogen and oxygen atoms in total. The van der Waals surface area contributed by atoms with Gasteiger partial charge in [-0.05, 0) is 44.3 Å². The molecular formula is C24H37N5O3. The molecule has 2 heterocycles. The molecule has 0 atom stereocenters. The van der Waals surface area contributed by atoms with Gasteiger partial charge in [0.2, 0.25) is 5.91 Å². The Morgan fingerprint density at radius 1 is 0.875 bits per heavy atom. The Hall–Kier alpha value is -2.19. The fourth-order valence-corrected chi connectivity index (χ4v) is 5.47. The number of anilines is 1. The summed E-state index contributed by atoms with van der Waals surface area (Å²) < 4.78 is 0. The number of benzene rings is 1. The number of carbonyl (C=O) groups excluding carboxylic acids is 1. The summed E-state index contributed by atoms with van der Waals surface area (Å²) >= 11 is 0. The maximum Gasteiger partial charge on any atom is 0.292 e. The van der Waals surface area contributed by atoms with E-state index in [0.29, 0.717) is 38.4 Å². The number of nitrogens with zero attached hydrogens (tertiary/aromatic N) is 5. The number of nitro benzene ring substituents is 1. The molecule has 32 heavy (non-hydrogen) atoms. The molecule has 1 saturated carbocycles. The number of piperazine rings is 1. The molecule has 0 radical (unpaired) electrons. The van der Waals surface area contributed by atoms with E-state index >= 15 is 0 Å². The van der Waals surface area contributed by atoms with Crippen LogP contribution in [0.1, 0.15) is 38.5 Å². The molecule has 2 saturated heterocycles. The molecule has 0 aromatic heterocycles. The van der Waals surface area contributed by atoms with Crippen molar-refractivity contribution in [1.29, 1.82) is 0 Å². The van der Waals surface area contributed by atoms with Crippen molar-refractivity contribution in [2.75, 3.05) is 70.3 Å². The molecule has 3 fully saturated rings. The van der Waals surface area contributed by atoms with Gasteiger partial charge in [0.05, 0.1) is 11.5 Å². The highest BCUT2D eigenvalue weighted by atomic mass is 16.6. The van der Waals surface area contributed by atoms with Crippen LogP contribution in [0.15, 0.2) is 24.3 Å². The molecular weight excluding hydrogens is 406 g/mol. The smallest absolute Gasteiger partial charge is 0.292 e. The molecule has 4 rings (SSSR count). The van der Waals surface area contributed by atoms with Gasteiger partial charge in [0.15, 0.2) is 0 Å². The maximum absolute atomic E-state index is 12.9. The predicted octanol–water partition coefficient (Wildman–Crippen LogP) is 2.83. The zero-order valence-electron chi connectivity index (χ0n) is 19.2. The second kappa shape index (κ2) is 11.1. The summed E-state index contributed by atoms with van der Waals surface area (Å²) in [6, 6.07) is 6.87. The topological polar surface area (TPSA) is 73.2 Å². The maximum atomic E-state index is 12.9. The van der Waals surface area contributed by atoms with Crippen LogP contribution in [-0.4, -0.2) is 91.0 Å². The van der Waals surface area contributed by atoms with Crippen molar-refractivity contribution in [3.63, 3.8) is 0 Å². The first-order valence-corrected chi connectivity index (χ1v) is 12.3. The van der Waals surface area contributed by atoms with Crippen LogP contribution in [-0.2, 0) is 4.79 Å². The van der Waals surface area contributed by atoms with Gasteiger partial charge < -0.3 is 14.7 Å². The van der Waals surface area contributed by atoms with Crippen molar-refractivity contribution in [3.05, 3.63) is 34.4 Å². The van der Waals surface area contributed by atoms with E-state index in [9.17, 15) is 14.9 Å². The molecule has 1 amide bonds. The van der Waals surface area contributed by atoms with Gasteiger partial charge >= 0.3 is 0 Å². The summed E-state index contributed by atoms with van der Waals surface area (Å²) in [5.41, 5.74) is 0.782. The van der Waals surface area contributed by atoms with E-state index in [1.807, 2.05) is 15.9 Å². The summed E-state index contributed by atoms with van der Waals surface area (Å²) in [7, 11) is 0. The zero-order valence-corrected chi connectivity index (χ0v) is 19.2. The van der Waals surface area contributed by atoms with Crippen LogP contribution >= 0.6 is 0 Å². The third kappa shape index (κ3) is 5.98. The van der Waals surface area contributed by atoms with Crippen LogP contribution in [0.4, 0.5) is 11.4 Å². The fourth-order valence-electron chi connectivity index (χ4n) is 5.47. The summed E-state index contributed by atoms with van der Waals surface area (Å²) in [4.78, 5) is 32.8. The second-order valence-electron chi connectivity index (χ2n) is 9.55. The van der Waals surface area contributed by atoms with E-state index in [2.05, 4.69) is 9.80 Å². The van der Waals surface area contributed by atoms with Crippen LogP contribution in [0.5, 0.6) is 0 Å². The van der Waals surface area contributed by atoms with Crippen molar-refractivity contribution in [3.8, 4) is 0 Å². The van der Waals surface area contributed by atoms with Gasteiger partial charge in [-0.3, -0.25) is 19.8 Å². The third-order valence-corrected chi connectivity index (χ3v) is 7.33. The SMILES string of the molecule is O=C(CN1CCCN(CC2CCCCC2)CC1)N1CCN(c2ccccc2[N+](=O)[O-])CC1. The van der Waals surface area contributed by atoms with Crippen LogP contribution in [0.2, 0.25) is 0 Å². The summed E-state index contributed by atoms with van der Waals surface area (Å²) in [6.45, 7) is 8.39. The van der Waals surface area contributed by atoms with Crippen LogP contribution in [0.25, 0.3) is 0 Å². The summed E-state index contributed by atoms with van der Waals surface area (Å²) in [5, 5.41) is 11.3. The lowest BCUT2D eigenvalue weighted by molar-refractivity contribution is -0.384. The standard InChI is InChI=1S/C24H37N5O3/c30-24(20-26-12-6-11-25(13-14-26)19-21-7-2-1-3-8-21)28-17-15-27(16-18-28)22-9-4-5-10-23(22)29(31)32/h4-5,9-10,21H,1-3,6-8,11-20H2. The van der Waals surface area contributed by atoms with E-state index in [4.69, 9.17) is 0 Å². The molecule has 0 N–H and O–H groups in total. The summed E-state index contributed by atoms with van der Waals surface area (Å²) in [5.74, 6) is 1.06. The average molecular weight is 444 g/mol. The minimum atomic E-state index is -0.330. The molecule has 1 aromatic rings. The Kier molecular flexibility index (Phi) is 7.97. The number of rotatable bonds is 6. The van der Waals surface area contributed by atoms with Gasteiger partial charge in [-0.15, -0.1) is 0 Å². The highest BCUT2D eigenvalue weighted by Crippen LogP contribution is 2.28. The molecule has 1 aliphatic carbocycles. The van der Waals surface area contributed by atoms with Gasteiger partial charge in [-0.2, -0.15) is 0 Å². The van der Waals surface area contributed by atoms with E-state index < -0.39 is 0 Å². The van der Waals surface area contributed by atoms with Crippen LogP contribution < -0.4 is 4.90 Å². The Labute approximate surface area is 191 Å². The first-order chi connectivity index (χ1) is 15.6. The van der Waals surface area contributed by atoms with E-state index in [1.54, 1.807) is 18.2 Å². The van der Waals surface area contributed by atoms with Crippen molar-refractivity contribution in [2.24, 2.45) is 5.92 Å². The lowest BCUT2D eigenvalue weighted by Gasteiger charge is -2.36. The fraction of sp³-hybridized carbons (Fsp3) is 0.708. The van der Waals surface area contributed by atoms with Crippen molar-refractivity contribution in [2.45, 2.75) is 38.5 Å². The average Bonchev–Trinajstić information content (AvgIpc) is 3.04. The van der Waals surface area contributed by atoms with Gasteiger partial charge in [0.25, 0.3) is 5.69 Å². The number of para-hydroxylation sites is 2. The van der Waals surface area contributed by atoms with E-state index in [0.717, 1.165) is 38.5 Å². The largest absolute Gasteiger partial charge is 0.362 e. The predicted molar refractivity (Wildman–Crippen MR) is 126 cm³/mol. The van der Waals surface area contributed by atoms with Gasteiger partial charge in [0, 0.05) is 51.9 Å². The van der Waals surface area contributed by atoms with Crippen molar-refractivity contribution >= 4 is 17.3 Å². The first kappa shape index (κ1) is 23.0.